The molecule has 0 aliphatic heterocycles. The van der Waals surface area contributed by atoms with Gasteiger partial charge in [0.1, 0.15) is 0 Å². The van der Waals surface area contributed by atoms with Gasteiger partial charge in [-0.3, -0.25) is 9.78 Å². The van der Waals surface area contributed by atoms with E-state index in [4.69, 9.17) is 0 Å². The van der Waals surface area contributed by atoms with Crippen LogP contribution in [-0.2, 0) is 0 Å². The lowest BCUT2D eigenvalue weighted by Crippen LogP contribution is -1.88. The maximum Gasteiger partial charge on any atom is 0.309 e. The number of H-pyrrole nitrogens is 1. The van der Waals surface area contributed by atoms with Crippen molar-refractivity contribution < 1.29 is 5.11 Å². The summed E-state index contributed by atoms with van der Waals surface area (Å²) in [5, 5.41) is 17.1. The summed E-state index contributed by atoms with van der Waals surface area (Å²) in [4.78, 5) is 12.7. The minimum atomic E-state index is -0.352. The molecule has 1 aromatic heterocycles. The Morgan fingerprint density at radius 3 is 2.50 bits per heavy atom. The zero-order valence-electron chi connectivity index (χ0n) is 8.47. The van der Waals surface area contributed by atoms with Gasteiger partial charge in [0.25, 0.3) is 0 Å². The summed E-state index contributed by atoms with van der Waals surface area (Å²) in [7, 11) is 0. The van der Waals surface area contributed by atoms with E-state index >= 15 is 0 Å². The van der Waals surface area contributed by atoms with Gasteiger partial charge in [0, 0.05) is 0 Å². The first-order valence-corrected chi connectivity index (χ1v) is 5.37. The summed E-state index contributed by atoms with van der Waals surface area (Å²) in [5.41, 5.74) is 1.80. The van der Waals surface area contributed by atoms with Crippen LogP contribution in [0, 0.1) is 6.92 Å². The molecule has 0 unspecified atom stereocenters. The second-order valence-corrected chi connectivity index (χ2v) is 4.17. The summed E-state index contributed by atoms with van der Waals surface area (Å²) in [5.74, 6) is -0.245. The van der Waals surface area contributed by atoms with Gasteiger partial charge in [-0.05, 0) is 30.4 Å². The molecule has 16 heavy (non-hydrogen) atoms. The maximum absolute atomic E-state index is 10.9. The number of hydrogen-bond acceptors (Lipinski definition) is 5. The third-order valence-corrected chi connectivity index (χ3v) is 2.66. The minimum absolute atomic E-state index is 0.186. The molecule has 2 aromatic rings. The molecule has 0 saturated heterocycles. The van der Waals surface area contributed by atoms with Gasteiger partial charge in [-0.1, -0.05) is 17.7 Å². The van der Waals surface area contributed by atoms with Crippen molar-refractivity contribution in [1.29, 1.82) is 0 Å². The molecule has 1 heterocycles. The van der Waals surface area contributed by atoms with Crippen LogP contribution in [0.15, 0.2) is 39.3 Å². The third kappa shape index (κ3) is 2.34. The second-order valence-electron chi connectivity index (χ2n) is 3.20. The number of rotatable bonds is 2. The number of azo groups is 1. The van der Waals surface area contributed by atoms with Crippen LogP contribution in [0.3, 0.4) is 0 Å². The molecule has 2 rings (SSSR count). The van der Waals surface area contributed by atoms with Crippen molar-refractivity contribution in [3.8, 4) is 5.88 Å². The van der Waals surface area contributed by atoms with E-state index in [1.54, 1.807) is 0 Å². The van der Waals surface area contributed by atoms with E-state index in [0.29, 0.717) is 5.69 Å². The average Bonchev–Trinajstić information content (AvgIpc) is 2.57. The van der Waals surface area contributed by atoms with Crippen LogP contribution < -0.4 is 4.87 Å². The Hall–Kier alpha value is -1.95. The second kappa shape index (κ2) is 4.28. The van der Waals surface area contributed by atoms with Crippen molar-refractivity contribution in [2.45, 2.75) is 6.92 Å². The Morgan fingerprint density at radius 1 is 1.25 bits per heavy atom. The lowest BCUT2D eigenvalue weighted by Gasteiger charge is -1.92. The monoisotopic (exact) mass is 235 g/mol. The Bertz CT molecular complexity index is 568. The first-order chi connectivity index (χ1) is 7.65. The number of aromatic hydroxyl groups is 1. The van der Waals surface area contributed by atoms with Crippen molar-refractivity contribution in [2.24, 2.45) is 10.2 Å². The SMILES string of the molecule is Cc1ccc(N=Nc2sc(=O)[nH]c2O)cc1. The number of benzene rings is 1. The molecule has 0 saturated carbocycles. The predicted molar refractivity (Wildman–Crippen MR) is 62.0 cm³/mol. The van der Waals surface area contributed by atoms with E-state index in [2.05, 4.69) is 15.2 Å². The number of nitrogens with zero attached hydrogens (tertiary/aromatic N) is 2. The van der Waals surface area contributed by atoms with E-state index in [1.807, 2.05) is 31.2 Å². The van der Waals surface area contributed by atoms with E-state index in [0.717, 1.165) is 16.9 Å². The summed E-state index contributed by atoms with van der Waals surface area (Å²) < 4.78 is 0. The van der Waals surface area contributed by atoms with Gasteiger partial charge < -0.3 is 5.11 Å². The number of hydrogen-bond donors (Lipinski definition) is 2. The fraction of sp³-hybridized carbons (Fsp3) is 0.100. The standard InChI is InChI=1S/C10H9N3O2S/c1-6-2-4-7(5-3-6)12-13-9-8(14)11-10(15)16-9/h2-5,14H,1H3,(H,11,15). The number of nitrogens with one attached hydrogen (secondary N) is 1. The molecule has 6 heteroatoms. The van der Waals surface area contributed by atoms with Crippen LogP contribution in [-0.4, -0.2) is 10.1 Å². The molecule has 0 spiro atoms. The zero-order valence-corrected chi connectivity index (χ0v) is 9.28. The normalized spacial score (nSPS) is 11.1. The molecule has 5 nitrogen and oxygen atoms in total. The van der Waals surface area contributed by atoms with Gasteiger partial charge in [0.15, 0.2) is 0 Å². The molecule has 0 fully saturated rings. The van der Waals surface area contributed by atoms with Crippen LogP contribution in [0.5, 0.6) is 5.88 Å². The van der Waals surface area contributed by atoms with Gasteiger partial charge in [-0.25, -0.2) is 0 Å². The molecule has 0 radical (unpaired) electrons. The van der Waals surface area contributed by atoms with Crippen molar-refractivity contribution in [3.63, 3.8) is 0 Å². The number of aromatic nitrogens is 1. The zero-order chi connectivity index (χ0) is 11.5. The maximum atomic E-state index is 10.9. The van der Waals surface area contributed by atoms with Gasteiger partial charge >= 0.3 is 4.87 Å². The van der Waals surface area contributed by atoms with E-state index in [1.165, 1.54) is 0 Å². The van der Waals surface area contributed by atoms with E-state index in [9.17, 15) is 9.90 Å². The van der Waals surface area contributed by atoms with E-state index < -0.39 is 0 Å². The van der Waals surface area contributed by atoms with Gasteiger partial charge in [-0.2, -0.15) is 0 Å². The van der Waals surface area contributed by atoms with Gasteiger partial charge in [0.2, 0.25) is 10.9 Å². The molecule has 0 atom stereocenters. The molecule has 0 amide bonds. The lowest BCUT2D eigenvalue weighted by atomic mass is 10.2. The summed E-state index contributed by atoms with van der Waals surface area (Å²) >= 11 is 0.815. The summed E-state index contributed by atoms with van der Waals surface area (Å²) in [6.45, 7) is 1.98. The number of aryl methyl sites for hydroxylation is 1. The van der Waals surface area contributed by atoms with Crippen molar-refractivity contribution in [3.05, 3.63) is 39.5 Å². The Balaban J connectivity index is 2.24. The molecular weight excluding hydrogens is 226 g/mol. The van der Waals surface area contributed by atoms with Crippen molar-refractivity contribution in [2.75, 3.05) is 0 Å². The third-order valence-electron chi connectivity index (χ3n) is 1.90. The Morgan fingerprint density at radius 2 is 1.94 bits per heavy atom. The predicted octanol–water partition coefficient (Wildman–Crippen LogP) is 2.87. The smallest absolute Gasteiger partial charge is 0.309 e. The molecule has 1 aromatic carbocycles. The molecule has 2 N–H and O–H groups in total. The first kappa shape index (κ1) is 10.6. The lowest BCUT2D eigenvalue weighted by molar-refractivity contribution is 0.457. The average molecular weight is 235 g/mol. The highest BCUT2D eigenvalue weighted by Gasteiger charge is 2.04. The van der Waals surface area contributed by atoms with Crippen LogP contribution in [0.4, 0.5) is 10.7 Å². The fourth-order valence-electron chi connectivity index (χ4n) is 1.09. The first-order valence-electron chi connectivity index (χ1n) is 4.55. The molecule has 0 aliphatic rings. The van der Waals surface area contributed by atoms with Crippen molar-refractivity contribution >= 4 is 22.0 Å². The molecule has 0 aliphatic carbocycles. The molecule has 0 bridgehead atoms. The van der Waals surface area contributed by atoms with Crippen LogP contribution >= 0.6 is 11.3 Å². The quantitative estimate of drug-likeness (QED) is 0.785. The minimum Gasteiger partial charge on any atom is -0.492 e. The topological polar surface area (TPSA) is 77.8 Å². The van der Waals surface area contributed by atoms with Crippen LogP contribution in [0.1, 0.15) is 5.56 Å². The van der Waals surface area contributed by atoms with Gasteiger partial charge in [0.05, 0.1) is 5.69 Å². The van der Waals surface area contributed by atoms with E-state index in [-0.39, 0.29) is 15.8 Å². The molecule has 82 valence electrons. The van der Waals surface area contributed by atoms with Crippen LogP contribution in [0.25, 0.3) is 0 Å². The fourth-order valence-corrected chi connectivity index (χ4v) is 1.65. The number of aromatic amines is 1. The highest BCUT2D eigenvalue weighted by molar-refractivity contribution is 7.13. The summed E-state index contributed by atoms with van der Waals surface area (Å²) in [6.07, 6.45) is 0. The van der Waals surface area contributed by atoms with Crippen molar-refractivity contribution in [1.82, 2.24) is 4.98 Å². The Kier molecular flexibility index (Phi) is 2.82. The highest BCUT2D eigenvalue weighted by atomic mass is 32.1. The van der Waals surface area contributed by atoms with Gasteiger partial charge in [-0.15, -0.1) is 10.2 Å². The number of thiazole rings is 1. The van der Waals surface area contributed by atoms with Crippen LogP contribution in [0.2, 0.25) is 0 Å². The molecular formula is C10H9N3O2S. The summed E-state index contributed by atoms with van der Waals surface area (Å²) in [6, 6.07) is 7.44. The largest absolute Gasteiger partial charge is 0.492 e. The highest BCUT2D eigenvalue weighted by Crippen LogP contribution is 2.28. The Labute approximate surface area is 95.1 Å².